The van der Waals surface area contributed by atoms with Crippen LogP contribution in [0.5, 0.6) is 0 Å². The third kappa shape index (κ3) is 41.2. The molecule has 0 saturated carbocycles. The number of halogens is 6. The van der Waals surface area contributed by atoms with Gasteiger partial charge in [0.2, 0.25) is 0 Å². The number of hydrogen-bond donors (Lipinski definition) is 0. The van der Waals surface area contributed by atoms with Gasteiger partial charge in [-0.15, -0.1) is 0 Å². The molecule has 0 rings (SSSR count). The second-order valence-corrected chi connectivity index (χ2v) is 5.85. The maximum atomic E-state index is 9.87. The van der Waals surface area contributed by atoms with E-state index in [0.717, 1.165) is 4.48 Å². The minimum atomic E-state index is -10.7. The van der Waals surface area contributed by atoms with Gasteiger partial charge in [0.1, 0.15) is 0 Å². The van der Waals surface area contributed by atoms with Crippen molar-refractivity contribution in [2.45, 2.75) is 20.3 Å². The van der Waals surface area contributed by atoms with E-state index in [1.807, 2.05) is 0 Å². The first kappa shape index (κ1) is 17.4. The van der Waals surface area contributed by atoms with E-state index in [0.29, 0.717) is 0 Å². The Morgan fingerprint density at radius 1 is 0.867 bits per heavy atom. The SMILES string of the molecule is CCC[N+](C)(C)CC.F[P-](F)(F)(F)(F)F. The number of nitrogens with zero attached hydrogens (tertiary/aromatic N) is 1. The fourth-order valence-electron chi connectivity index (χ4n) is 0.763. The molecule has 0 heterocycles. The van der Waals surface area contributed by atoms with Gasteiger partial charge in [-0.2, -0.15) is 0 Å². The maximum absolute atomic E-state index is 10.7. The van der Waals surface area contributed by atoms with Crippen LogP contribution >= 0.6 is 7.81 Å². The summed E-state index contributed by atoms with van der Waals surface area (Å²) in [6, 6.07) is 0. The molecule has 0 saturated heterocycles. The molecule has 0 fully saturated rings. The molecule has 0 aromatic rings. The van der Waals surface area contributed by atoms with Gasteiger partial charge in [0.15, 0.2) is 0 Å². The van der Waals surface area contributed by atoms with Gasteiger partial charge < -0.3 is 4.48 Å². The Labute approximate surface area is 85.9 Å². The fraction of sp³-hybridized carbons (Fsp3) is 1.00. The van der Waals surface area contributed by atoms with Gasteiger partial charge in [0.25, 0.3) is 0 Å². The van der Waals surface area contributed by atoms with E-state index in [1.165, 1.54) is 19.5 Å². The summed E-state index contributed by atoms with van der Waals surface area (Å²) in [4.78, 5) is 0. The van der Waals surface area contributed by atoms with Gasteiger partial charge in [0, 0.05) is 0 Å². The zero-order valence-corrected chi connectivity index (χ0v) is 10.2. The molecule has 0 aromatic heterocycles. The average Bonchev–Trinajstić information content (AvgIpc) is 1.80. The van der Waals surface area contributed by atoms with E-state index in [2.05, 4.69) is 27.9 Å². The van der Waals surface area contributed by atoms with E-state index in [9.17, 15) is 25.2 Å². The van der Waals surface area contributed by atoms with Gasteiger partial charge in [0.05, 0.1) is 27.2 Å². The van der Waals surface area contributed by atoms with Crippen LogP contribution in [0.1, 0.15) is 20.3 Å². The molecule has 0 bridgehead atoms. The van der Waals surface area contributed by atoms with Gasteiger partial charge >= 0.3 is 33.0 Å². The minimum absolute atomic E-state index is 1.16. The first-order chi connectivity index (χ1) is 6.07. The monoisotopic (exact) mass is 261 g/mol. The summed E-state index contributed by atoms with van der Waals surface area (Å²) in [6.45, 7) is 7.01. The summed E-state index contributed by atoms with van der Waals surface area (Å²) in [5, 5.41) is 0. The van der Waals surface area contributed by atoms with Crippen LogP contribution in [0.4, 0.5) is 25.2 Å². The number of hydrogen-bond acceptors (Lipinski definition) is 0. The summed E-state index contributed by atoms with van der Waals surface area (Å²) in [5.41, 5.74) is 0. The van der Waals surface area contributed by atoms with Crippen molar-refractivity contribution in [1.29, 1.82) is 0 Å². The molecule has 0 atom stereocenters. The predicted molar refractivity (Wildman–Crippen MR) is 51.4 cm³/mol. The first-order valence-electron chi connectivity index (χ1n) is 4.46. The molecule has 0 unspecified atom stereocenters. The van der Waals surface area contributed by atoms with Crippen LogP contribution in [0.3, 0.4) is 0 Å². The van der Waals surface area contributed by atoms with Crippen LogP contribution in [-0.4, -0.2) is 31.7 Å². The third-order valence-electron chi connectivity index (χ3n) is 1.68. The average molecular weight is 261 g/mol. The second kappa shape index (κ2) is 4.09. The van der Waals surface area contributed by atoms with Crippen LogP contribution < -0.4 is 0 Å². The fourth-order valence-corrected chi connectivity index (χ4v) is 0.763. The summed E-state index contributed by atoms with van der Waals surface area (Å²) in [5.74, 6) is 0. The van der Waals surface area contributed by atoms with E-state index < -0.39 is 7.81 Å². The van der Waals surface area contributed by atoms with Crippen molar-refractivity contribution in [1.82, 2.24) is 0 Å². The van der Waals surface area contributed by atoms with Crippen molar-refractivity contribution in [2.24, 2.45) is 0 Å². The molecule has 98 valence electrons. The standard InChI is InChI=1S/C7H18N.F6P/c1-5-7-8(3,4)6-2;1-7(2,3,4,5)6/h5-7H2,1-4H3;/q+1;-1. The predicted octanol–water partition coefficient (Wildman–Crippen LogP) is 4.88. The molecule has 0 aliphatic rings. The van der Waals surface area contributed by atoms with Gasteiger partial charge in [-0.3, -0.25) is 0 Å². The van der Waals surface area contributed by atoms with Gasteiger partial charge in [-0.25, -0.2) is 0 Å². The van der Waals surface area contributed by atoms with Crippen molar-refractivity contribution in [3.63, 3.8) is 0 Å². The molecule has 0 aliphatic heterocycles. The summed E-state index contributed by atoms with van der Waals surface area (Å²) in [7, 11) is -6.12. The molecular weight excluding hydrogens is 243 g/mol. The first-order valence-corrected chi connectivity index (χ1v) is 6.48. The summed E-state index contributed by atoms with van der Waals surface area (Å²) >= 11 is 0. The number of quaternary nitrogens is 1. The van der Waals surface area contributed by atoms with Crippen LogP contribution in [-0.2, 0) is 0 Å². The topological polar surface area (TPSA) is 0 Å². The molecule has 8 heteroatoms. The van der Waals surface area contributed by atoms with Gasteiger partial charge in [-0.05, 0) is 13.3 Å². The van der Waals surface area contributed by atoms with E-state index in [-0.39, 0.29) is 0 Å². The molecule has 0 aromatic carbocycles. The van der Waals surface area contributed by atoms with Crippen molar-refractivity contribution in [2.75, 3.05) is 27.2 Å². The Bertz CT molecular complexity index is 181. The van der Waals surface area contributed by atoms with Crippen molar-refractivity contribution in [3.8, 4) is 0 Å². The van der Waals surface area contributed by atoms with E-state index in [4.69, 9.17) is 0 Å². The van der Waals surface area contributed by atoms with Crippen molar-refractivity contribution in [3.05, 3.63) is 0 Å². The zero-order chi connectivity index (χ0) is 13.0. The molecule has 0 amide bonds. The van der Waals surface area contributed by atoms with E-state index >= 15 is 0 Å². The van der Waals surface area contributed by atoms with Gasteiger partial charge in [-0.1, -0.05) is 6.92 Å². The summed E-state index contributed by atoms with van der Waals surface area (Å²) < 4.78 is 60.4. The van der Waals surface area contributed by atoms with Crippen LogP contribution in [0.25, 0.3) is 0 Å². The molecular formula is C7H18F6NP. The zero-order valence-electron chi connectivity index (χ0n) is 9.28. The van der Waals surface area contributed by atoms with Crippen LogP contribution in [0.15, 0.2) is 0 Å². The van der Waals surface area contributed by atoms with Crippen molar-refractivity contribution >= 4 is 7.81 Å². The molecule has 0 radical (unpaired) electrons. The summed E-state index contributed by atoms with van der Waals surface area (Å²) in [6.07, 6.45) is 1.29. The Morgan fingerprint density at radius 2 is 1.13 bits per heavy atom. The van der Waals surface area contributed by atoms with E-state index in [1.54, 1.807) is 0 Å². The van der Waals surface area contributed by atoms with Crippen molar-refractivity contribution < 1.29 is 29.7 Å². The second-order valence-electron chi connectivity index (χ2n) is 3.93. The molecule has 0 N–H and O–H groups in total. The van der Waals surface area contributed by atoms with Crippen LogP contribution in [0.2, 0.25) is 0 Å². The normalized spacial score (nSPS) is 17.2. The quantitative estimate of drug-likeness (QED) is 0.386. The number of rotatable bonds is 3. The molecule has 0 aliphatic carbocycles. The molecule has 1 nitrogen and oxygen atoms in total. The molecule has 0 spiro atoms. The molecule has 15 heavy (non-hydrogen) atoms. The third-order valence-corrected chi connectivity index (χ3v) is 1.68. The Kier molecular flexibility index (Phi) is 4.74. The Morgan fingerprint density at radius 3 is 1.20 bits per heavy atom. The Hall–Kier alpha value is -0.0300. The Balaban J connectivity index is 0. The van der Waals surface area contributed by atoms with Crippen LogP contribution in [0, 0.1) is 0 Å².